The van der Waals surface area contributed by atoms with E-state index in [9.17, 15) is 0 Å². The van der Waals surface area contributed by atoms with Crippen LogP contribution in [0.3, 0.4) is 0 Å². The van der Waals surface area contributed by atoms with Crippen molar-refractivity contribution in [2.45, 2.75) is 52.1 Å². The highest BCUT2D eigenvalue weighted by Gasteiger charge is 2.26. The van der Waals surface area contributed by atoms with Crippen molar-refractivity contribution in [3.8, 4) is 0 Å². The lowest BCUT2D eigenvalue weighted by Crippen LogP contribution is -2.57. The van der Waals surface area contributed by atoms with Crippen LogP contribution in [0.15, 0.2) is 0 Å². The zero-order valence-electron chi connectivity index (χ0n) is 12.0. The molecule has 102 valence electrons. The number of rotatable bonds is 7. The minimum absolute atomic E-state index is 0.679. The van der Waals surface area contributed by atoms with Crippen LogP contribution in [0.4, 0.5) is 0 Å². The van der Waals surface area contributed by atoms with Crippen molar-refractivity contribution in [2.24, 2.45) is 5.92 Å². The van der Waals surface area contributed by atoms with Gasteiger partial charge in [-0.3, -0.25) is 4.90 Å². The summed E-state index contributed by atoms with van der Waals surface area (Å²) in [6.45, 7) is 11.4. The van der Waals surface area contributed by atoms with Gasteiger partial charge in [-0.2, -0.15) is 0 Å². The molecule has 0 aliphatic carbocycles. The molecule has 0 aromatic carbocycles. The van der Waals surface area contributed by atoms with Crippen LogP contribution < -0.4 is 5.32 Å². The molecule has 3 nitrogen and oxygen atoms in total. The van der Waals surface area contributed by atoms with E-state index in [1.54, 1.807) is 7.11 Å². The number of nitrogens with one attached hydrogen (secondary N) is 1. The van der Waals surface area contributed by atoms with Crippen LogP contribution in [0.25, 0.3) is 0 Å². The first-order chi connectivity index (χ1) is 8.19. The summed E-state index contributed by atoms with van der Waals surface area (Å²) in [6, 6.07) is 1.36. The van der Waals surface area contributed by atoms with Crippen molar-refractivity contribution < 1.29 is 4.74 Å². The van der Waals surface area contributed by atoms with E-state index in [0.29, 0.717) is 12.1 Å². The normalized spacial score (nSPS) is 28.2. The molecule has 3 heteroatoms. The Morgan fingerprint density at radius 3 is 2.82 bits per heavy atom. The molecule has 0 saturated carbocycles. The van der Waals surface area contributed by atoms with E-state index in [0.717, 1.165) is 19.1 Å². The predicted molar refractivity (Wildman–Crippen MR) is 73.4 cm³/mol. The molecule has 0 spiro atoms. The van der Waals surface area contributed by atoms with Gasteiger partial charge in [0.05, 0.1) is 0 Å². The number of ether oxygens (including phenoxy) is 1. The quantitative estimate of drug-likeness (QED) is 0.692. The van der Waals surface area contributed by atoms with Crippen LogP contribution in [-0.4, -0.2) is 50.3 Å². The lowest BCUT2D eigenvalue weighted by Gasteiger charge is -2.41. The third-order valence-electron chi connectivity index (χ3n) is 4.10. The molecule has 0 radical (unpaired) electrons. The molecule has 0 aromatic heterocycles. The maximum absolute atomic E-state index is 5.10. The standard InChI is InChI=1S/C14H30N2O/c1-5-12(2)14-11-16(13(3)10-15-14)8-6-7-9-17-4/h12-15H,5-11H2,1-4H3. The molecule has 1 heterocycles. The van der Waals surface area contributed by atoms with Crippen molar-refractivity contribution >= 4 is 0 Å². The van der Waals surface area contributed by atoms with Gasteiger partial charge in [0.1, 0.15) is 0 Å². The van der Waals surface area contributed by atoms with Crippen LogP contribution in [-0.2, 0) is 4.74 Å². The Labute approximate surface area is 107 Å². The van der Waals surface area contributed by atoms with Gasteiger partial charge in [-0.25, -0.2) is 0 Å². The smallest absolute Gasteiger partial charge is 0.0462 e. The van der Waals surface area contributed by atoms with Crippen molar-refractivity contribution in [1.82, 2.24) is 10.2 Å². The minimum Gasteiger partial charge on any atom is -0.385 e. The van der Waals surface area contributed by atoms with E-state index in [1.165, 1.54) is 32.4 Å². The van der Waals surface area contributed by atoms with Crippen LogP contribution in [0.5, 0.6) is 0 Å². The van der Waals surface area contributed by atoms with Crippen LogP contribution in [0.2, 0.25) is 0 Å². The molecule has 0 bridgehead atoms. The second-order valence-corrected chi connectivity index (χ2v) is 5.44. The monoisotopic (exact) mass is 242 g/mol. The Morgan fingerprint density at radius 2 is 2.18 bits per heavy atom. The van der Waals surface area contributed by atoms with Gasteiger partial charge >= 0.3 is 0 Å². The summed E-state index contributed by atoms with van der Waals surface area (Å²) in [5, 5.41) is 3.68. The molecule has 3 unspecified atom stereocenters. The van der Waals surface area contributed by atoms with E-state index in [-0.39, 0.29) is 0 Å². The van der Waals surface area contributed by atoms with Gasteiger partial charge < -0.3 is 10.1 Å². The van der Waals surface area contributed by atoms with Crippen LogP contribution >= 0.6 is 0 Å². The number of piperazine rings is 1. The topological polar surface area (TPSA) is 24.5 Å². The number of hydrogen-bond donors (Lipinski definition) is 1. The lowest BCUT2D eigenvalue weighted by molar-refractivity contribution is 0.112. The Morgan fingerprint density at radius 1 is 1.41 bits per heavy atom. The average Bonchev–Trinajstić information content (AvgIpc) is 2.35. The SMILES string of the molecule is CCC(C)C1CN(CCCCOC)C(C)CN1. The highest BCUT2D eigenvalue weighted by Crippen LogP contribution is 2.15. The number of unbranched alkanes of at least 4 members (excludes halogenated alkanes) is 1. The highest BCUT2D eigenvalue weighted by molar-refractivity contribution is 4.86. The number of nitrogens with zero attached hydrogens (tertiary/aromatic N) is 1. The van der Waals surface area contributed by atoms with Gasteiger partial charge in [0, 0.05) is 38.9 Å². The van der Waals surface area contributed by atoms with Gasteiger partial charge in [0.15, 0.2) is 0 Å². The molecular weight excluding hydrogens is 212 g/mol. The Bertz CT molecular complexity index is 199. The molecule has 1 aliphatic heterocycles. The highest BCUT2D eigenvalue weighted by atomic mass is 16.5. The van der Waals surface area contributed by atoms with Crippen LogP contribution in [0.1, 0.15) is 40.0 Å². The van der Waals surface area contributed by atoms with Gasteiger partial charge in [-0.1, -0.05) is 20.3 Å². The molecule has 3 atom stereocenters. The summed E-state index contributed by atoms with van der Waals surface area (Å²) in [4.78, 5) is 2.64. The summed E-state index contributed by atoms with van der Waals surface area (Å²) in [7, 11) is 1.78. The number of hydrogen-bond acceptors (Lipinski definition) is 3. The first-order valence-electron chi connectivity index (χ1n) is 7.15. The summed E-state index contributed by atoms with van der Waals surface area (Å²) >= 11 is 0. The Kier molecular flexibility index (Phi) is 7.09. The van der Waals surface area contributed by atoms with E-state index in [2.05, 4.69) is 31.0 Å². The molecule has 0 aromatic rings. The zero-order chi connectivity index (χ0) is 12.7. The summed E-state index contributed by atoms with van der Waals surface area (Å²) < 4.78 is 5.10. The van der Waals surface area contributed by atoms with E-state index in [4.69, 9.17) is 4.74 Å². The Hall–Kier alpha value is -0.120. The maximum Gasteiger partial charge on any atom is 0.0462 e. The molecule has 1 fully saturated rings. The van der Waals surface area contributed by atoms with E-state index in [1.807, 2.05) is 0 Å². The van der Waals surface area contributed by atoms with Crippen molar-refractivity contribution in [2.75, 3.05) is 33.4 Å². The summed E-state index contributed by atoms with van der Waals surface area (Å²) in [6.07, 6.45) is 3.70. The largest absolute Gasteiger partial charge is 0.385 e. The van der Waals surface area contributed by atoms with Gasteiger partial charge in [0.2, 0.25) is 0 Å². The van der Waals surface area contributed by atoms with E-state index < -0.39 is 0 Å². The molecule has 1 rings (SSSR count). The van der Waals surface area contributed by atoms with Crippen molar-refractivity contribution in [3.63, 3.8) is 0 Å². The van der Waals surface area contributed by atoms with Crippen molar-refractivity contribution in [3.05, 3.63) is 0 Å². The molecular formula is C14H30N2O. The molecule has 1 N–H and O–H groups in total. The van der Waals surface area contributed by atoms with Crippen LogP contribution in [0, 0.1) is 5.92 Å². The first kappa shape index (κ1) is 14.9. The summed E-state index contributed by atoms with van der Waals surface area (Å²) in [5.41, 5.74) is 0. The zero-order valence-corrected chi connectivity index (χ0v) is 12.0. The average molecular weight is 242 g/mol. The number of methoxy groups -OCH3 is 1. The third kappa shape index (κ3) is 4.94. The fourth-order valence-corrected chi connectivity index (χ4v) is 2.49. The second-order valence-electron chi connectivity index (χ2n) is 5.44. The second kappa shape index (κ2) is 8.06. The molecule has 0 amide bonds. The fraction of sp³-hybridized carbons (Fsp3) is 1.00. The minimum atomic E-state index is 0.679. The first-order valence-corrected chi connectivity index (χ1v) is 7.15. The summed E-state index contributed by atoms with van der Waals surface area (Å²) in [5.74, 6) is 0.781. The molecule has 17 heavy (non-hydrogen) atoms. The van der Waals surface area contributed by atoms with Gasteiger partial charge in [0.25, 0.3) is 0 Å². The molecule has 1 saturated heterocycles. The van der Waals surface area contributed by atoms with Gasteiger partial charge in [-0.15, -0.1) is 0 Å². The maximum atomic E-state index is 5.10. The van der Waals surface area contributed by atoms with Crippen molar-refractivity contribution in [1.29, 1.82) is 0 Å². The lowest BCUT2D eigenvalue weighted by atomic mass is 9.95. The third-order valence-corrected chi connectivity index (χ3v) is 4.10. The molecule has 1 aliphatic rings. The van der Waals surface area contributed by atoms with E-state index >= 15 is 0 Å². The predicted octanol–water partition coefficient (Wildman–Crippen LogP) is 2.12. The Balaban J connectivity index is 2.30. The van der Waals surface area contributed by atoms with Gasteiger partial charge in [-0.05, 0) is 32.2 Å². The fourth-order valence-electron chi connectivity index (χ4n) is 2.49.